The van der Waals surface area contributed by atoms with Gasteiger partial charge in [-0.2, -0.15) is 0 Å². The van der Waals surface area contributed by atoms with Crippen molar-refractivity contribution in [1.82, 2.24) is 5.32 Å². The maximum absolute atomic E-state index is 11.7. The summed E-state index contributed by atoms with van der Waals surface area (Å²) < 4.78 is 0. The SMILES string of the molecule is CCNCC(=O)N(C)c1ccc(Cl)c(Cl)c1. The number of anilines is 1. The Balaban J connectivity index is 2.75. The second-order valence-electron chi connectivity index (χ2n) is 3.33. The Kier molecular flexibility index (Phi) is 5.06. The maximum Gasteiger partial charge on any atom is 0.240 e. The first-order valence-electron chi connectivity index (χ1n) is 4.98. The van der Waals surface area contributed by atoms with E-state index in [-0.39, 0.29) is 5.91 Å². The minimum absolute atomic E-state index is 0.0137. The molecule has 0 heterocycles. The van der Waals surface area contributed by atoms with Gasteiger partial charge < -0.3 is 10.2 Å². The van der Waals surface area contributed by atoms with Crippen LogP contribution in [0.5, 0.6) is 0 Å². The minimum Gasteiger partial charge on any atom is -0.314 e. The van der Waals surface area contributed by atoms with Gasteiger partial charge >= 0.3 is 0 Å². The zero-order valence-corrected chi connectivity index (χ0v) is 10.8. The molecule has 0 atom stereocenters. The normalized spacial score (nSPS) is 10.2. The minimum atomic E-state index is -0.0137. The molecular weight excluding hydrogens is 247 g/mol. The van der Waals surface area contributed by atoms with E-state index < -0.39 is 0 Å². The second-order valence-corrected chi connectivity index (χ2v) is 4.15. The van der Waals surface area contributed by atoms with Crippen LogP contribution in [0.15, 0.2) is 18.2 Å². The van der Waals surface area contributed by atoms with Gasteiger partial charge in [-0.3, -0.25) is 4.79 Å². The molecule has 0 radical (unpaired) electrons. The van der Waals surface area contributed by atoms with E-state index in [1.807, 2.05) is 6.92 Å². The Morgan fingerprint density at radius 3 is 2.62 bits per heavy atom. The van der Waals surface area contributed by atoms with Gasteiger partial charge in [0.25, 0.3) is 0 Å². The number of hydrogen-bond acceptors (Lipinski definition) is 2. The summed E-state index contributed by atoms with van der Waals surface area (Å²) >= 11 is 11.7. The van der Waals surface area contributed by atoms with Crippen molar-refractivity contribution < 1.29 is 4.79 Å². The molecule has 0 bridgehead atoms. The molecule has 16 heavy (non-hydrogen) atoms. The molecule has 0 aromatic heterocycles. The molecule has 1 aromatic rings. The highest BCUT2D eigenvalue weighted by atomic mass is 35.5. The third-order valence-electron chi connectivity index (χ3n) is 2.19. The lowest BCUT2D eigenvalue weighted by atomic mass is 10.3. The van der Waals surface area contributed by atoms with Crippen molar-refractivity contribution in [1.29, 1.82) is 0 Å². The van der Waals surface area contributed by atoms with Gasteiger partial charge in [-0.1, -0.05) is 30.1 Å². The van der Waals surface area contributed by atoms with Gasteiger partial charge in [0.05, 0.1) is 16.6 Å². The van der Waals surface area contributed by atoms with E-state index in [1.165, 1.54) is 0 Å². The van der Waals surface area contributed by atoms with Crippen LogP contribution in [0.25, 0.3) is 0 Å². The van der Waals surface area contributed by atoms with Crippen molar-refractivity contribution >= 4 is 34.8 Å². The van der Waals surface area contributed by atoms with Crippen molar-refractivity contribution in [2.24, 2.45) is 0 Å². The van der Waals surface area contributed by atoms with Gasteiger partial charge in [-0.25, -0.2) is 0 Å². The molecule has 1 rings (SSSR count). The molecule has 0 spiro atoms. The van der Waals surface area contributed by atoms with Crippen molar-refractivity contribution in [3.63, 3.8) is 0 Å². The fourth-order valence-electron chi connectivity index (χ4n) is 1.19. The Bertz CT molecular complexity index is 382. The van der Waals surface area contributed by atoms with E-state index >= 15 is 0 Å². The molecule has 3 nitrogen and oxygen atoms in total. The number of halogens is 2. The van der Waals surface area contributed by atoms with Crippen LogP contribution in [0.1, 0.15) is 6.92 Å². The van der Waals surface area contributed by atoms with Gasteiger partial charge in [0.2, 0.25) is 5.91 Å². The molecule has 0 saturated heterocycles. The van der Waals surface area contributed by atoms with E-state index in [0.29, 0.717) is 16.6 Å². The molecule has 0 aliphatic rings. The molecule has 0 saturated carbocycles. The lowest BCUT2D eigenvalue weighted by molar-refractivity contribution is -0.117. The van der Waals surface area contributed by atoms with Crippen LogP contribution in [-0.2, 0) is 4.79 Å². The fourth-order valence-corrected chi connectivity index (χ4v) is 1.48. The van der Waals surface area contributed by atoms with Crippen LogP contribution in [0, 0.1) is 0 Å². The molecule has 0 unspecified atom stereocenters. The summed E-state index contributed by atoms with van der Waals surface area (Å²) in [5, 5.41) is 3.91. The first kappa shape index (κ1) is 13.3. The third-order valence-corrected chi connectivity index (χ3v) is 2.93. The lowest BCUT2D eigenvalue weighted by Crippen LogP contribution is -2.35. The number of amides is 1. The molecule has 1 N–H and O–H groups in total. The first-order chi connectivity index (χ1) is 7.56. The van der Waals surface area contributed by atoms with Gasteiger partial charge in [0.15, 0.2) is 0 Å². The Morgan fingerprint density at radius 2 is 2.06 bits per heavy atom. The number of nitrogens with zero attached hydrogens (tertiary/aromatic N) is 1. The summed E-state index contributed by atoms with van der Waals surface area (Å²) in [4.78, 5) is 13.2. The van der Waals surface area contributed by atoms with Crippen LogP contribution in [0.4, 0.5) is 5.69 Å². The van der Waals surface area contributed by atoms with E-state index in [0.717, 1.165) is 12.2 Å². The van der Waals surface area contributed by atoms with Crippen LogP contribution < -0.4 is 10.2 Å². The second kappa shape index (κ2) is 6.09. The van der Waals surface area contributed by atoms with Gasteiger partial charge in [0.1, 0.15) is 0 Å². The van der Waals surface area contributed by atoms with Gasteiger partial charge in [-0.15, -0.1) is 0 Å². The molecular formula is C11H14Cl2N2O. The number of hydrogen-bond donors (Lipinski definition) is 1. The average Bonchev–Trinajstić information content (AvgIpc) is 2.28. The van der Waals surface area contributed by atoms with Crippen LogP contribution >= 0.6 is 23.2 Å². The zero-order valence-electron chi connectivity index (χ0n) is 9.26. The Morgan fingerprint density at radius 1 is 1.38 bits per heavy atom. The number of carbonyl (C=O) groups is 1. The number of nitrogens with one attached hydrogen (secondary N) is 1. The van der Waals surface area contributed by atoms with Crippen LogP contribution in [0.2, 0.25) is 10.0 Å². The highest BCUT2D eigenvalue weighted by molar-refractivity contribution is 6.42. The van der Waals surface area contributed by atoms with E-state index in [2.05, 4.69) is 5.32 Å². The van der Waals surface area contributed by atoms with E-state index in [9.17, 15) is 4.79 Å². The van der Waals surface area contributed by atoms with Crippen molar-refractivity contribution in [2.45, 2.75) is 6.92 Å². The summed E-state index contributed by atoms with van der Waals surface area (Å²) in [6, 6.07) is 5.11. The number of carbonyl (C=O) groups excluding carboxylic acids is 1. The van der Waals surface area contributed by atoms with Crippen molar-refractivity contribution in [3.05, 3.63) is 28.2 Å². The molecule has 5 heteroatoms. The largest absolute Gasteiger partial charge is 0.314 e. The van der Waals surface area contributed by atoms with Crippen molar-refractivity contribution in [3.8, 4) is 0 Å². The van der Waals surface area contributed by atoms with Crippen LogP contribution in [0.3, 0.4) is 0 Å². The molecule has 0 fully saturated rings. The molecule has 0 aliphatic carbocycles. The standard InChI is InChI=1S/C11H14Cl2N2O/c1-3-14-7-11(16)15(2)8-4-5-9(12)10(13)6-8/h4-6,14H,3,7H2,1-2H3. The number of rotatable bonds is 4. The smallest absolute Gasteiger partial charge is 0.240 e. The van der Waals surface area contributed by atoms with E-state index in [4.69, 9.17) is 23.2 Å². The Labute approximate surface area is 105 Å². The molecule has 0 aliphatic heterocycles. The molecule has 88 valence electrons. The molecule has 1 aromatic carbocycles. The predicted molar refractivity (Wildman–Crippen MR) is 68.4 cm³/mol. The van der Waals surface area contributed by atoms with Crippen LogP contribution in [-0.4, -0.2) is 26.0 Å². The van der Waals surface area contributed by atoms with Gasteiger partial charge in [0, 0.05) is 12.7 Å². The number of likely N-dealkylation sites (N-methyl/N-ethyl adjacent to an activating group) is 2. The maximum atomic E-state index is 11.7. The fraction of sp³-hybridized carbons (Fsp3) is 0.364. The van der Waals surface area contributed by atoms with Crippen molar-refractivity contribution in [2.75, 3.05) is 25.0 Å². The highest BCUT2D eigenvalue weighted by Crippen LogP contribution is 2.26. The number of benzene rings is 1. The summed E-state index contributed by atoms with van der Waals surface area (Å²) in [6.07, 6.45) is 0. The molecule has 1 amide bonds. The highest BCUT2D eigenvalue weighted by Gasteiger charge is 2.11. The summed E-state index contributed by atoms with van der Waals surface area (Å²) in [7, 11) is 1.71. The summed E-state index contributed by atoms with van der Waals surface area (Å²) in [5.41, 5.74) is 0.734. The predicted octanol–water partition coefficient (Wildman–Crippen LogP) is 2.57. The topological polar surface area (TPSA) is 32.3 Å². The van der Waals surface area contributed by atoms with E-state index in [1.54, 1.807) is 30.1 Å². The summed E-state index contributed by atoms with van der Waals surface area (Å²) in [6.45, 7) is 3.03. The lowest BCUT2D eigenvalue weighted by Gasteiger charge is -2.17. The quantitative estimate of drug-likeness (QED) is 0.903. The zero-order chi connectivity index (χ0) is 12.1. The third kappa shape index (κ3) is 3.37. The average molecular weight is 261 g/mol. The summed E-state index contributed by atoms with van der Waals surface area (Å²) in [5.74, 6) is -0.0137. The van der Waals surface area contributed by atoms with Gasteiger partial charge in [-0.05, 0) is 24.7 Å². The Hall–Kier alpha value is -0.770. The monoisotopic (exact) mass is 260 g/mol. The first-order valence-corrected chi connectivity index (χ1v) is 5.74.